The van der Waals surface area contributed by atoms with E-state index < -0.39 is 0 Å². The van der Waals surface area contributed by atoms with Gasteiger partial charge in [0.25, 0.3) is 0 Å². The van der Waals surface area contributed by atoms with Gasteiger partial charge in [-0.05, 0) is 36.4 Å². The van der Waals surface area contributed by atoms with Gasteiger partial charge in [-0.2, -0.15) is 0 Å². The molecule has 3 aromatic rings. The lowest BCUT2D eigenvalue weighted by Gasteiger charge is -2.35. The van der Waals surface area contributed by atoms with Gasteiger partial charge in [0.2, 0.25) is 5.91 Å². The number of benzene rings is 2. The van der Waals surface area contributed by atoms with Crippen LogP contribution in [-0.2, 0) is 4.79 Å². The van der Waals surface area contributed by atoms with Gasteiger partial charge in [-0.25, -0.2) is 9.97 Å². The Labute approximate surface area is 183 Å². The maximum Gasteiger partial charge on any atom is 0.246 e. The Kier molecular flexibility index (Phi) is 5.63. The third-order valence-corrected chi connectivity index (χ3v) is 5.86. The summed E-state index contributed by atoms with van der Waals surface area (Å²) >= 11 is 19.1. The summed E-state index contributed by atoms with van der Waals surface area (Å²) in [6.45, 7) is 6.12. The second-order valence-corrected chi connectivity index (χ2v) is 7.94. The number of carbonyl (C=O) groups is 1. The summed E-state index contributed by atoms with van der Waals surface area (Å²) in [5.74, 6) is 0.745. The molecular formula is C21H17Cl3N4O. The number of rotatable bonds is 3. The number of hydrogen-bond acceptors (Lipinski definition) is 4. The van der Waals surface area contributed by atoms with Gasteiger partial charge in [-0.3, -0.25) is 4.79 Å². The first-order valence-corrected chi connectivity index (χ1v) is 10.2. The van der Waals surface area contributed by atoms with E-state index >= 15 is 0 Å². The molecule has 1 saturated heterocycles. The van der Waals surface area contributed by atoms with Crippen molar-refractivity contribution < 1.29 is 4.79 Å². The molecule has 148 valence electrons. The second kappa shape index (κ2) is 8.19. The number of hydrogen-bond donors (Lipinski definition) is 0. The first kappa shape index (κ1) is 20.0. The van der Waals surface area contributed by atoms with E-state index in [0.717, 1.165) is 27.8 Å². The van der Waals surface area contributed by atoms with E-state index in [2.05, 4.69) is 21.4 Å². The van der Waals surface area contributed by atoms with Crippen molar-refractivity contribution in [1.29, 1.82) is 0 Å². The van der Waals surface area contributed by atoms with Crippen LogP contribution in [-0.4, -0.2) is 47.0 Å². The average molecular weight is 448 g/mol. The van der Waals surface area contributed by atoms with Crippen LogP contribution in [0, 0.1) is 0 Å². The van der Waals surface area contributed by atoms with Crippen LogP contribution in [0.3, 0.4) is 0 Å². The van der Waals surface area contributed by atoms with Crippen molar-refractivity contribution in [2.24, 2.45) is 0 Å². The Morgan fingerprint density at radius 1 is 0.966 bits per heavy atom. The summed E-state index contributed by atoms with van der Waals surface area (Å²) < 4.78 is 0. The zero-order valence-electron chi connectivity index (χ0n) is 15.4. The Morgan fingerprint density at radius 2 is 1.69 bits per heavy atom. The van der Waals surface area contributed by atoms with Gasteiger partial charge in [0, 0.05) is 57.8 Å². The van der Waals surface area contributed by atoms with E-state index in [4.69, 9.17) is 34.8 Å². The maximum absolute atomic E-state index is 11.8. The van der Waals surface area contributed by atoms with Crippen molar-refractivity contribution in [2.75, 3.05) is 31.1 Å². The molecule has 0 N–H and O–H groups in total. The monoisotopic (exact) mass is 446 g/mol. The Bertz CT molecular complexity index is 1110. The SMILES string of the molecule is C=CC(=O)N1CCN(c2ncnc3cc(-c4cc(Cl)ccc4Cl)c(Cl)cc23)CC1. The minimum absolute atomic E-state index is 0.0525. The topological polar surface area (TPSA) is 49.3 Å². The molecule has 2 heterocycles. The normalized spacial score (nSPS) is 14.3. The largest absolute Gasteiger partial charge is 0.352 e. The molecular weight excluding hydrogens is 431 g/mol. The quantitative estimate of drug-likeness (QED) is 0.525. The molecule has 0 unspecified atom stereocenters. The minimum atomic E-state index is -0.0525. The molecule has 29 heavy (non-hydrogen) atoms. The van der Waals surface area contributed by atoms with Gasteiger partial charge in [0.15, 0.2) is 0 Å². The molecule has 0 aliphatic carbocycles. The van der Waals surface area contributed by atoms with Crippen molar-refractivity contribution in [2.45, 2.75) is 0 Å². The van der Waals surface area contributed by atoms with Crippen LogP contribution in [0.25, 0.3) is 22.0 Å². The molecule has 1 aliphatic heterocycles. The molecule has 0 radical (unpaired) electrons. The van der Waals surface area contributed by atoms with Crippen LogP contribution < -0.4 is 4.90 Å². The number of piperazine rings is 1. The standard InChI is InChI=1S/C21H17Cl3N4O/c1-2-20(29)27-5-7-28(8-6-27)21-16-10-18(24)15(11-19(16)25-12-26-21)14-9-13(22)3-4-17(14)23/h2-4,9-12H,1,5-8H2. The average Bonchev–Trinajstić information content (AvgIpc) is 2.74. The van der Waals surface area contributed by atoms with E-state index in [1.807, 2.05) is 12.1 Å². The molecule has 1 fully saturated rings. The van der Waals surface area contributed by atoms with Gasteiger partial charge < -0.3 is 9.80 Å². The fourth-order valence-electron chi connectivity index (χ4n) is 3.49. The van der Waals surface area contributed by atoms with Gasteiger partial charge in [-0.1, -0.05) is 41.4 Å². The number of halogens is 3. The lowest BCUT2D eigenvalue weighted by Crippen LogP contribution is -2.48. The summed E-state index contributed by atoms with van der Waals surface area (Å²) in [5.41, 5.74) is 2.27. The number of anilines is 1. The van der Waals surface area contributed by atoms with Crippen molar-refractivity contribution in [3.8, 4) is 11.1 Å². The van der Waals surface area contributed by atoms with Crippen LogP contribution in [0.5, 0.6) is 0 Å². The molecule has 8 heteroatoms. The highest BCUT2D eigenvalue weighted by Crippen LogP contribution is 2.38. The summed E-state index contributed by atoms with van der Waals surface area (Å²) in [6, 6.07) is 9.03. The Balaban J connectivity index is 1.72. The smallest absolute Gasteiger partial charge is 0.246 e. The predicted molar refractivity (Wildman–Crippen MR) is 119 cm³/mol. The molecule has 0 saturated carbocycles. The van der Waals surface area contributed by atoms with Crippen LogP contribution >= 0.6 is 34.8 Å². The van der Waals surface area contributed by atoms with Gasteiger partial charge in [0.1, 0.15) is 12.1 Å². The molecule has 2 aromatic carbocycles. The van der Waals surface area contributed by atoms with E-state index in [1.165, 1.54) is 12.4 Å². The minimum Gasteiger partial charge on any atom is -0.352 e. The predicted octanol–water partition coefficient (Wildman–Crippen LogP) is 5.09. The number of carbonyl (C=O) groups excluding carboxylic acids is 1. The highest BCUT2D eigenvalue weighted by atomic mass is 35.5. The summed E-state index contributed by atoms with van der Waals surface area (Å²) in [4.78, 5) is 24.6. The second-order valence-electron chi connectivity index (χ2n) is 6.69. The lowest BCUT2D eigenvalue weighted by atomic mass is 10.0. The third kappa shape index (κ3) is 3.90. The molecule has 1 amide bonds. The number of amides is 1. The van der Waals surface area contributed by atoms with E-state index in [9.17, 15) is 4.79 Å². The first-order chi connectivity index (χ1) is 14.0. The first-order valence-electron chi connectivity index (χ1n) is 9.04. The summed E-state index contributed by atoms with van der Waals surface area (Å²) in [7, 11) is 0. The lowest BCUT2D eigenvalue weighted by molar-refractivity contribution is -0.126. The molecule has 0 spiro atoms. The van der Waals surface area contributed by atoms with Crippen molar-refractivity contribution in [1.82, 2.24) is 14.9 Å². The number of aromatic nitrogens is 2. The van der Waals surface area contributed by atoms with Crippen LogP contribution in [0.4, 0.5) is 5.82 Å². The van der Waals surface area contributed by atoms with E-state index in [0.29, 0.717) is 41.2 Å². The molecule has 0 atom stereocenters. The molecule has 1 aromatic heterocycles. The number of fused-ring (bicyclic) bond motifs is 1. The van der Waals surface area contributed by atoms with Gasteiger partial charge in [0.05, 0.1) is 5.52 Å². The summed E-state index contributed by atoms with van der Waals surface area (Å²) in [5, 5.41) is 2.53. The highest BCUT2D eigenvalue weighted by Gasteiger charge is 2.22. The molecule has 5 nitrogen and oxygen atoms in total. The van der Waals surface area contributed by atoms with Crippen molar-refractivity contribution in [3.05, 3.63) is 64.4 Å². The van der Waals surface area contributed by atoms with Crippen LogP contribution in [0.15, 0.2) is 49.3 Å². The van der Waals surface area contributed by atoms with Gasteiger partial charge >= 0.3 is 0 Å². The van der Waals surface area contributed by atoms with Crippen molar-refractivity contribution >= 4 is 57.4 Å². The zero-order valence-corrected chi connectivity index (χ0v) is 17.7. The van der Waals surface area contributed by atoms with Crippen molar-refractivity contribution in [3.63, 3.8) is 0 Å². The fourth-order valence-corrected chi connectivity index (χ4v) is 4.15. The molecule has 4 rings (SSSR count). The van der Waals surface area contributed by atoms with E-state index in [1.54, 1.807) is 23.1 Å². The Morgan fingerprint density at radius 3 is 2.41 bits per heavy atom. The molecule has 1 aliphatic rings. The Hall–Kier alpha value is -2.34. The van der Waals surface area contributed by atoms with Crippen LogP contribution in [0.2, 0.25) is 15.1 Å². The third-order valence-electron chi connectivity index (χ3n) is 4.99. The molecule has 0 bridgehead atoms. The maximum atomic E-state index is 11.8. The van der Waals surface area contributed by atoms with Crippen LogP contribution in [0.1, 0.15) is 0 Å². The fraction of sp³-hybridized carbons (Fsp3) is 0.190. The summed E-state index contributed by atoms with van der Waals surface area (Å²) in [6.07, 6.45) is 2.88. The van der Waals surface area contributed by atoms with Gasteiger partial charge in [-0.15, -0.1) is 0 Å². The highest BCUT2D eigenvalue weighted by molar-refractivity contribution is 6.38. The van der Waals surface area contributed by atoms with E-state index in [-0.39, 0.29) is 5.91 Å². The zero-order chi connectivity index (χ0) is 20.5. The number of nitrogens with zero attached hydrogens (tertiary/aromatic N) is 4.